The van der Waals surface area contributed by atoms with Gasteiger partial charge in [0.1, 0.15) is 24.0 Å². The first kappa shape index (κ1) is 24.7. The molecule has 3 rings (SSSR count). The molecule has 3 aromatic rings. The van der Waals surface area contributed by atoms with Crippen LogP contribution in [0.15, 0.2) is 66.2 Å². The van der Waals surface area contributed by atoms with Crippen LogP contribution in [0.25, 0.3) is 6.08 Å². The Morgan fingerprint density at radius 2 is 1.76 bits per heavy atom. The third-order valence-electron chi connectivity index (χ3n) is 4.55. The van der Waals surface area contributed by atoms with E-state index in [4.69, 9.17) is 9.84 Å². The molecule has 2 N–H and O–H groups in total. The van der Waals surface area contributed by atoms with E-state index in [1.54, 1.807) is 0 Å². The smallest absolute Gasteiger partial charge is 0.335 e. The Labute approximate surface area is 218 Å². The summed E-state index contributed by atoms with van der Waals surface area (Å²) in [5.41, 5.74) is 3.37. The zero-order valence-electron chi connectivity index (χ0n) is 17.4. The van der Waals surface area contributed by atoms with E-state index in [0.29, 0.717) is 17.9 Å². The molecule has 0 aliphatic rings. The summed E-state index contributed by atoms with van der Waals surface area (Å²) in [6, 6.07) is 19.4. The Kier molecular flexibility index (Phi) is 8.46. The van der Waals surface area contributed by atoms with Crippen molar-refractivity contribution in [2.75, 3.05) is 5.32 Å². The predicted molar refractivity (Wildman–Crippen MR) is 143 cm³/mol. The van der Waals surface area contributed by atoms with Gasteiger partial charge in [0.05, 0.1) is 12.7 Å². The van der Waals surface area contributed by atoms with E-state index in [-0.39, 0.29) is 11.1 Å². The number of aryl methyl sites for hydroxylation is 1. The molecule has 6 nitrogen and oxygen atoms in total. The second-order valence-corrected chi connectivity index (χ2v) is 9.42. The van der Waals surface area contributed by atoms with Crippen molar-refractivity contribution < 1.29 is 19.4 Å². The van der Waals surface area contributed by atoms with Gasteiger partial charge in [-0.25, -0.2) is 4.79 Å². The molecule has 33 heavy (non-hydrogen) atoms. The highest BCUT2D eigenvalue weighted by molar-refractivity contribution is 14.1. The number of nitriles is 1. The Balaban J connectivity index is 1.75. The number of anilines is 1. The Hall–Kier alpha value is -2.91. The number of benzene rings is 3. The van der Waals surface area contributed by atoms with Gasteiger partial charge < -0.3 is 15.2 Å². The molecule has 0 fully saturated rings. The lowest BCUT2D eigenvalue weighted by Crippen LogP contribution is -2.13. The zero-order chi connectivity index (χ0) is 24.0. The Morgan fingerprint density at radius 1 is 1.09 bits per heavy atom. The summed E-state index contributed by atoms with van der Waals surface area (Å²) >= 11 is 4.35. The van der Waals surface area contributed by atoms with Crippen molar-refractivity contribution in [2.24, 2.45) is 0 Å². The number of carbonyl (C=O) groups is 2. The van der Waals surface area contributed by atoms with Crippen LogP contribution in [0.5, 0.6) is 5.75 Å². The number of hydrogen-bond donors (Lipinski definition) is 2. The molecule has 1 amide bonds. The van der Waals surface area contributed by atoms with Gasteiger partial charge in [-0.15, -0.1) is 0 Å². The van der Waals surface area contributed by atoms with Gasteiger partial charge >= 0.3 is 5.97 Å². The van der Waals surface area contributed by atoms with Gasteiger partial charge in [0, 0.05) is 5.69 Å². The van der Waals surface area contributed by atoms with Crippen LogP contribution in [-0.4, -0.2) is 17.0 Å². The molecule has 0 unspecified atom stereocenters. The summed E-state index contributed by atoms with van der Waals surface area (Å²) < 4.78 is 7.75. The monoisotopic (exact) mass is 664 g/mol. The predicted octanol–water partition coefficient (Wildman–Crippen LogP) is 6.03. The topological polar surface area (TPSA) is 99.4 Å². The molecule has 166 valence electrons. The molecule has 0 radical (unpaired) electrons. The lowest BCUT2D eigenvalue weighted by Gasteiger charge is -2.12. The van der Waals surface area contributed by atoms with Crippen molar-refractivity contribution in [2.45, 2.75) is 13.5 Å². The molecule has 0 aromatic heterocycles. The number of carbonyl (C=O) groups excluding carboxylic acids is 1. The maximum atomic E-state index is 12.5. The number of rotatable bonds is 7. The summed E-state index contributed by atoms with van der Waals surface area (Å²) in [4.78, 5) is 23.5. The number of halogens is 2. The summed E-state index contributed by atoms with van der Waals surface area (Å²) in [6.45, 7) is 2.47. The normalized spacial score (nSPS) is 10.9. The van der Waals surface area contributed by atoms with Crippen LogP contribution in [-0.2, 0) is 11.4 Å². The van der Waals surface area contributed by atoms with Gasteiger partial charge in [-0.05, 0) is 106 Å². The highest BCUT2D eigenvalue weighted by Crippen LogP contribution is 2.30. The molecular formula is C25H18I2N2O4. The quantitative estimate of drug-likeness (QED) is 0.183. The number of aromatic carboxylic acids is 1. The fourth-order valence-corrected chi connectivity index (χ4v) is 5.10. The average Bonchev–Trinajstić information content (AvgIpc) is 2.77. The molecule has 0 heterocycles. The summed E-state index contributed by atoms with van der Waals surface area (Å²) in [5.74, 6) is -0.886. The SMILES string of the molecule is Cc1cccc(COc2c(I)cc(/C=C(\C#N)C(=O)Nc3ccc(C(=O)O)cc3)cc2I)c1. The van der Waals surface area contributed by atoms with Crippen LogP contribution in [0.1, 0.15) is 27.0 Å². The third kappa shape index (κ3) is 6.79. The molecule has 3 aromatic carbocycles. The number of nitrogens with one attached hydrogen (secondary N) is 1. The summed E-state index contributed by atoms with van der Waals surface area (Å²) in [6.07, 6.45) is 1.51. The van der Waals surface area contributed by atoms with Crippen molar-refractivity contribution in [1.82, 2.24) is 0 Å². The van der Waals surface area contributed by atoms with Gasteiger partial charge in [-0.2, -0.15) is 5.26 Å². The number of amides is 1. The average molecular weight is 664 g/mol. The van der Waals surface area contributed by atoms with Crippen LogP contribution >= 0.6 is 45.2 Å². The number of nitrogens with zero attached hydrogens (tertiary/aromatic N) is 1. The van der Waals surface area contributed by atoms with Crippen molar-refractivity contribution in [3.8, 4) is 11.8 Å². The van der Waals surface area contributed by atoms with E-state index in [2.05, 4.69) is 56.6 Å². The van der Waals surface area contributed by atoms with Crippen molar-refractivity contribution >= 4 is 68.8 Å². The highest BCUT2D eigenvalue weighted by Gasteiger charge is 2.13. The van der Waals surface area contributed by atoms with Crippen molar-refractivity contribution in [3.05, 3.63) is 95.6 Å². The lowest BCUT2D eigenvalue weighted by molar-refractivity contribution is -0.112. The Morgan fingerprint density at radius 3 is 2.33 bits per heavy atom. The van der Waals surface area contributed by atoms with E-state index < -0.39 is 11.9 Å². The second-order valence-electron chi connectivity index (χ2n) is 7.10. The van der Waals surface area contributed by atoms with E-state index in [0.717, 1.165) is 18.5 Å². The zero-order valence-corrected chi connectivity index (χ0v) is 21.7. The van der Waals surface area contributed by atoms with Gasteiger partial charge in [-0.3, -0.25) is 4.79 Å². The minimum atomic E-state index is -1.05. The molecule has 0 bridgehead atoms. The van der Waals surface area contributed by atoms with E-state index in [1.165, 1.54) is 35.9 Å². The third-order valence-corrected chi connectivity index (χ3v) is 6.15. The lowest BCUT2D eigenvalue weighted by atomic mass is 10.1. The highest BCUT2D eigenvalue weighted by atomic mass is 127. The molecule has 0 saturated heterocycles. The van der Waals surface area contributed by atoms with Gasteiger partial charge in [-0.1, -0.05) is 29.8 Å². The molecule has 0 spiro atoms. The first-order valence-electron chi connectivity index (χ1n) is 9.70. The Bertz CT molecular complexity index is 1260. The van der Waals surface area contributed by atoms with Gasteiger partial charge in [0.2, 0.25) is 0 Å². The summed E-state index contributed by atoms with van der Waals surface area (Å²) in [5, 5.41) is 21.1. The fourth-order valence-electron chi connectivity index (χ4n) is 2.97. The van der Waals surface area contributed by atoms with Gasteiger partial charge in [0.25, 0.3) is 5.91 Å². The fraction of sp³-hybridized carbons (Fsp3) is 0.0800. The number of hydrogen-bond acceptors (Lipinski definition) is 4. The first-order chi connectivity index (χ1) is 15.8. The molecule has 0 aliphatic carbocycles. The van der Waals surface area contributed by atoms with Crippen molar-refractivity contribution in [1.29, 1.82) is 5.26 Å². The van der Waals surface area contributed by atoms with Crippen LogP contribution < -0.4 is 10.1 Å². The number of carboxylic acids is 1. The number of ether oxygens (including phenoxy) is 1. The van der Waals surface area contributed by atoms with Crippen LogP contribution in [0.3, 0.4) is 0 Å². The largest absolute Gasteiger partial charge is 0.487 e. The van der Waals surface area contributed by atoms with Crippen LogP contribution in [0.2, 0.25) is 0 Å². The summed E-state index contributed by atoms with van der Waals surface area (Å²) in [7, 11) is 0. The second kappa shape index (κ2) is 11.3. The maximum absolute atomic E-state index is 12.5. The minimum absolute atomic E-state index is 0.0719. The molecule has 0 atom stereocenters. The van der Waals surface area contributed by atoms with Gasteiger partial charge in [0.15, 0.2) is 0 Å². The van der Waals surface area contributed by atoms with Crippen molar-refractivity contribution in [3.63, 3.8) is 0 Å². The molecular weight excluding hydrogens is 646 g/mol. The molecule has 0 aliphatic heterocycles. The molecule has 8 heteroatoms. The van der Waals surface area contributed by atoms with E-state index >= 15 is 0 Å². The van der Waals surface area contributed by atoms with Crippen LogP contribution in [0.4, 0.5) is 5.69 Å². The van der Waals surface area contributed by atoms with E-state index in [9.17, 15) is 14.9 Å². The molecule has 0 saturated carbocycles. The maximum Gasteiger partial charge on any atom is 0.335 e. The van der Waals surface area contributed by atoms with Crippen LogP contribution in [0, 0.1) is 25.4 Å². The van der Waals surface area contributed by atoms with E-state index in [1.807, 2.05) is 43.3 Å². The minimum Gasteiger partial charge on any atom is -0.487 e. The first-order valence-corrected chi connectivity index (χ1v) is 11.9. The number of carboxylic acid groups (broad SMARTS) is 1. The standard InChI is InChI=1S/C25H18I2N2O4/c1-15-3-2-4-16(9-15)14-33-23-21(26)11-17(12-22(23)27)10-19(13-28)24(30)29-20-7-5-18(6-8-20)25(31)32/h2-12H,14H2,1H3,(H,29,30)(H,31,32)/b19-10+.